The Kier molecular flexibility index (Phi) is 3.25. The molecule has 1 aromatic carbocycles. The van der Waals surface area contributed by atoms with Crippen LogP contribution < -0.4 is 0 Å². The van der Waals surface area contributed by atoms with Crippen molar-refractivity contribution in [3.8, 4) is 0 Å². The van der Waals surface area contributed by atoms with Crippen LogP contribution in [0, 0.1) is 0 Å². The van der Waals surface area contributed by atoms with Crippen LogP contribution in [0.25, 0.3) is 0 Å². The number of rotatable bonds is 3. The predicted molar refractivity (Wildman–Crippen MR) is 82.8 cm³/mol. The normalized spacial score (nSPS) is 24.7. The topological polar surface area (TPSA) is 46.3 Å². The minimum absolute atomic E-state index is 0.00146. The van der Waals surface area contributed by atoms with Crippen molar-refractivity contribution in [1.82, 2.24) is 10.1 Å². The highest BCUT2D eigenvalue weighted by Crippen LogP contribution is 2.40. The van der Waals surface area contributed by atoms with Crippen LogP contribution in [0.2, 0.25) is 0 Å². The van der Waals surface area contributed by atoms with Gasteiger partial charge in [-0.1, -0.05) is 35.5 Å². The molecule has 0 unspecified atom stereocenters. The second-order valence-corrected chi connectivity index (χ2v) is 6.54. The molecule has 2 aliphatic rings. The monoisotopic (exact) mass is 296 g/mol. The minimum Gasteiger partial charge on any atom is -0.360 e. The number of carbonyl (C=O) groups is 1. The van der Waals surface area contributed by atoms with Gasteiger partial charge in [0.1, 0.15) is 5.76 Å². The molecule has 114 valence electrons. The Hall–Kier alpha value is -2.10. The molecule has 0 N–H and O–H groups in total. The number of amides is 1. The molecule has 1 aliphatic carbocycles. The van der Waals surface area contributed by atoms with Gasteiger partial charge in [0.2, 0.25) is 0 Å². The smallest absolute Gasteiger partial charge is 0.276 e. The molecule has 2 heterocycles. The van der Waals surface area contributed by atoms with E-state index in [0.717, 1.165) is 31.6 Å². The van der Waals surface area contributed by atoms with Crippen molar-refractivity contribution in [2.24, 2.45) is 0 Å². The van der Waals surface area contributed by atoms with Crippen molar-refractivity contribution < 1.29 is 9.32 Å². The van der Waals surface area contributed by atoms with Crippen LogP contribution in [-0.4, -0.2) is 28.6 Å². The minimum atomic E-state index is 0.00146. The summed E-state index contributed by atoms with van der Waals surface area (Å²) in [6.45, 7) is 2.87. The second-order valence-electron chi connectivity index (χ2n) is 6.54. The summed E-state index contributed by atoms with van der Waals surface area (Å²) >= 11 is 0. The van der Waals surface area contributed by atoms with E-state index in [4.69, 9.17) is 4.52 Å². The van der Waals surface area contributed by atoms with Gasteiger partial charge in [-0.3, -0.25) is 4.79 Å². The Balaban J connectivity index is 1.50. The van der Waals surface area contributed by atoms with Gasteiger partial charge in [-0.05, 0) is 31.7 Å². The number of benzene rings is 1. The highest BCUT2D eigenvalue weighted by atomic mass is 16.5. The zero-order valence-corrected chi connectivity index (χ0v) is 12.7. The Labute approximate surface area is 130 Å². The Morgan fingerprint density at radius 1 is 1.23 bits per heavy atom. The van der Waals surface area contributed by atoms with Crippen LogP contribution in [0.15, 0.2) is 40.9 Å². The molecular formula is C18H20N2O2. The maximum absolute atomic E-state index is 12.7. The lowest BCUT2D eigenvalue weighted by molar-refractivity contribution is 0.0735. The number of carbonyl (C=O) groups excluding carboxylic acids is 1. The molecule has 4 rings (SSSR count). The van der Waals surface area contributed by atoms with Gasteiger partial charge in [-0.25, -0.2) is 0 Å². The average molecular weight is 296 g/mol. The first-order valence-corrected chi connectivity index (χ1v) is 8.05. The first-order chi connectivity index (χ1) is 10.7. The van der Waals surface area contributed by atoms with Crippen molar-refractivity contribution in [3.05, 3.63) is 53.4 Å². The summed E-state index contributed by atoms with van der Waals surface area (Å²) in [6.07, 6.45) is 3.31. The van der Waals surface area contributed by atoms with E-state index in [1.807, 2.05) is 17.0 Å². The SMILES string of the molecule is C[C@@H]1C[C@H](c2ccccc2)CN1C(=O)c1cc(C2CC2)on1. The fraction of sp³-hybridized carbons (Fsp3) is 0.444. The molecule has 0 spiro atoms. The van der Waals surface area contributed by atoms with Gasteiger partial charge in [-0.2, -0.15) is 0 Å². The van der Waals surface area contributed by atoms with Crippen molar-refractivity contribution in [1.29, 1.82) is 0 Å². The van der Waals surface area contributed by atoms with Crippen LogP contribution in [0.3, 0.4) is 0 Å². The third-order valence-corrected chi connectivity index (χ3v) is 4.83. The molecule has 22 heavy (non-hydrogen) atoms. The molecule has 0 radical (unpaired) electrons. The number of aromatic nitrogens is 1. The van der Waals surface area contributed by atoms with E-state index in [-0.39, 0.29) is 11.9 Å². The third-order valence-electron chi connectivity index (χ3n) is 4.83. The van der Waals surface area contributed by atoms with Gasteiger partial charge in [0, 0.05) is 30.5 Å². The van der Waals surface area contributed by atoms with E-state index in [1.165, 1.54) is 5.56 Å². The zero-order valence-electron chi connectivity index (χ0n) is 12.7. The summed E-state index contributed by atoms with van der Waals surface area (Å²) in [4.78, 5) is 14.6. The molecule has 0 bridgehead atoms. The summed E-state index contributed by atoms with van der Waals surface area (Å²) < 4.78 is 5.32. The first kappa shape index (κ1) is 13.6. The highest BCUT2D eigenvalue weighted by Gasteiger charge is 2.36. The number of likely N-dealkylation sites (tertiary alicyclic amines) is 1. The fourth-order valence-corrected chi connectivity index (χ4v) is 3.38. The molecule has 1 amide bonds. The lowest BCUT2D eigenvalue weighted by atomic mass is 9.97. The molecule has 2 atom stereocenters. The van der Waals surface area contributed by atoms with E-state index < -0.39 is 0 Å². The quantitative estimate of drug-likeness (QED) is 0.870. The first-order valence-electron chi connectivity index (χ1n) is 8.05. The molecule has 4 nitrogen and oxygen atoms in total. The molecule has 1 aliphatic heterocycles. The molecule has 1 saturated heterocycles. The largest absolute Gasteiger partial charge is 0.360 e. The van der Waals surface area contributed by atoms with E-state index in [9.17, 15) is 4.79 Å². The van der Waals surface area contributed by atoms with Crippen LogP contribution in [0.4, 0.5) is 0 Å². The summed E-state index contributed by atoms with van der Waals surface area (Å²) in [7, 11) is 0. The maximum atomic E-state index is 12.7. The fourth-order valence-electron chi connectivity index (χ4n) is 3.38. The van der Waals surface area contributed by atoms with Crippen LogP contribution in [-0.2, 0) is 0 Å². The van der Waals surface area contributed by atoms with Gasteiger partial charge in [0.25, 0.3) is 5.91 Å². The summed E-state index contributed by atoms with van der Waals surface area (Å²) in [6, 6.07) is 12.5. The molecule has 2 aromatic rings. The Morgan fingerprint density at radius 2 is 2.00 bits per heavy atom. The Bertz CT molecular complexity index is 675. The average Bonchev–Trinajstić information content (AvgIpc) is 3.15. The molecule has 1 saturated carbocycles. The van der Waals surface area contributed by atoms with Gasteiger partial charge >= 0.3 is 0 Å². The molecule has 2 fully saturated rings. The van der Waals surface area contributed by atoms with Crippen LogP contribution >= 0.6 is 0 Å². The van der Waals surface area contributed by atoms with Crippen molar-refractivity contribution >= 4 is 5.91 Å². The number of hydrogen-bond donors (Lipinski definition) is 0. The third kappa shape index (κ3) is 2.43. The summed E-state index contributed by atoms with van der Waals surface area (Å²) in [5.74, 6) is 1.77. The number of hydrogen-bond acceptors (Lipinski definition) is 3. The molecular weight excluding hydrogens is 276 g/mol. The van der Waals surface area contributed by atoms with E-state index in [0.29, 0.717) is 17.5 Å². The summed E-state index contributed by atoms with van der Waals surface area (Å²) in [5.41, 5.74) is 1.77. The highest BCUT2D eigenvalue weighted by molar-refractivity contribution is 5.92. The maximum Gasteiger partial charge on any atom is 0.276 e. The Morgan fingerprint density at radius 3 is 2.73 bits per heavy atom. The lowest BCUT2D eigenvalue weighted by Crippen LogP contribution is -2.34. The van der Waals surface area contributed by atoms with Gasteiger partial charge < -0.3 is 9.42 Å². The molecule has 1 aromatic heterocycles. The second kappa shape index (κ2) is 5.27. The number of nitrogens with zero attached hydrogens (tertiary/aromatic N) is 2. The van der Waals surface area contributed by atoms with E-state index in [2.05, 4.69) is 36.3 Å². The molecule has 4 heteroatoms. The van der Waals surface area contributed by atoms with E-state index in [1.54, 1.807) is 0 Å². The van der Waals surface area contributed by atoms with Gasteiger partial charge in [-0.15, -0.1) is 0 Å². The van der Waals surface area contributed by atoms with Gasteiger partial charge in [0.15, 0.2) is 5.69 Å². The van der Waals surface area contributed by atoms with Crippen molar-refractivity contribution in [3.63, 3.8) is 0 Å². The van der Waals surface area contributed by atoms with E-state index >= 15 is 0 Å². The van der Waals surface area contributed by atoms with Crippen molar-refractivity contribution in [2.75, 3.05) is 6.54 Å². The predicted octanol–water partition coefficient (Wildman–Crippen LogP) is 3.57. The standard InChI is InChI=1S/C18H20N2O2/c1-12-9-15(13-5-3-2-4-6-13)11-20(12)18(21)16-10-17(22-19-16)14-7-8-14/h2-6,10,12,14-15H,7-9,11H2,1H3/t12-,15+/m1/s1. The van der Waals surface area contributed by atoms with Crippen LogP contribution in [0.1, 0.15) is 59.8 Å². The zero-order chi connectivity index (χ0) is 15.1. The lowest BCUT2D eigenvalue weighted by Gasteiger charge is -2.19. The van der Waals surface area contributed by atoms with Crippen LogP contribution in [0.5, 0.6) is 0 Å². The summed E-state index contributed by atoms with van der Waals surface area (Å²) in [5, 5.41) is 3.99. The van der Waals surface area contributed by atoms with Crippen molar-refractivity contribution in [2.45, 2.75) is 44.1 Å². The van der Waals surface area contributed by atoms with Gasteiger partial charge in [0.05, 0.1) is 0 Å².